The normalized spacial score (nSPS) is 19.6. The fourth-order valence-corrected chi connectivity index (χ4v) is 2.03. The number of amides is 1. The van der Waals surface area contributed by atoms with Crippen LogP contribution in [0.1, 0.15) is 27.6 Å². The van der Waals surface area contributed by atoms with E-state index in [0.717, 1.165) is 0 Å². The van der Waals surface area contributed by atoms with Crippen molar-refractivity contribution < 1.29 is 19.4 Å². The number of morpholine rings is 1. The fourth-order valence-electron chi connectivity index (χ4n) is 2.03. The number of rotatable bonds is 2. The first-order valence-corrected chi connectivity index (χ1v) is 5.83. The summed E-state index contributed by atoms with van der Waals surface area (Å²) < 4.78 is 5.36. The van der Waals surface area contributed by atoms with Crippen LogP contribution in [0.25, 0.3) is 0 Å². The first kappa shape index (κ1) is 12.6. The van der Waals surface area contributed by atoms with Gasteiger partial charge in [-0.3, -0.25) is 4.79 Å². The Hall–Kier alpha value is -1.88. The van der Waals surface area contributed by atoms with Gasteiger partial charge in [0.15, 0.2) is 0 Å². The largest absolute Gasteiger partial charge is 0.478 e. The minimum Gasteiger partial charge on any atom is -0.478 e. The number of nitrogens with zero attached hydrogens (tertiary/aromatic N) is 1. The van der Waals surface area contributed by atoms with Gasteiger partial charge in [-0.1, -0.05) is 12.1 Å². The van der Waals surface area contributed by atoms with Crippen LogP contribution in [0, 0.1) is 0 Å². The number of carboxylic acids is 1. The highest BCUT2D eigenvalue weighted by atomic mass is 16.5. The Morgan fingerprint density at radius 3 is 2.61 bits per heavy atom. The molecule has 1 unspecified atom stereocenters. The lowest BCUT2D eigenvalue weighted by atomic mass is 10.1. The summed E-state index contributed by atoms with van der Waals surface area (Å²) in [5.74, 6) is -1.33. The third kappa shape index (κ3) is 2.51. The lowest BCUT2D eigenvalue weighted by Crippen LogP contribution is -2.44. The second-order valence-corrected chi connectivity index (χ2v) is 4.28. The van der Waals surface area contributed by atoms with Crippen molar-refractivity contribution in [2.75, 3.05) is 19.7 Å². The monoisotopic (exact) mass is 249 g/mol. The van der Waals surface area contributed by atoms with Crippen molar-refractivity contribution in [2.45, 2.75) is 13.0 Å². The molecular weight excluding hydrogens is 234 g/mol. The van der Waals surface area contributed by atoms with Crippen LogP contribution in [0.15, 0.2) is 24.3 Å². The van der Waals surface area contributed by atoms with Crippen molar-refractivity contribution >= 4 is 11.9 Å². The van der Waals surface area contributed by atoms with Gasteiger partial charge in [-0.05, 0) is 19.1 Å². The Labute approximate surface area is 105 Å². The predicted molar refractivity (Wildman–Crippen MR) is 64.7 cm³/mol. The molecule has 2 rings (SSSR count). The van der Waals surface area contributed by atoms with E-state index in [0.29, 0.717) is 19.7 Å². The molecule has 1 fully saturated rings. The van der Waals surface area contributed by atoms with E-state index in [4.69, 9.17) is 9.84 Å². The lowest BCUT2D eigenvalue weighted by molar-refractivity contribution is -0.0124. The predicted octanol–water partition coefficient (Wildman–Crippen LogP) is 1.25. The van der Waals surface area contributed by atoms with Crippen LogP contribution in [0.4, 0.5) is 0 Å². The van der Waals surface area contributed by atoms with Gasteiger partial charge in [-0.25, -0.2) is 4.79 Å². The van der Waals surface area contributed by atoms with E-state index in [2.05, 4.69) is 0 Å². The molecule has 0 saturated carbocycles. The maximum absolute atomic E-state index is 12.3. The van der Waals surface area contributed by atoms with Crippen LogP contribution in [0.5, 0.6) is 0 Å². The highest BCUT2D eigenvalue weighted by Crippen LogP contribution is 2.14. The van der Waals surface area contributed by atoms with E-state index in [-0.39, 0.29) is 23.1 Å². The minimum atomic E-state index is -1.08. The lowest BCUT2D eigenvalue weighted by Gasteiger charge is -2.31. The maximum atomic E-state index is 12.3. The number of carboxylic acid groups (broad SMARTS) is 1. The molecule has 1 saturated heterocycles. The molecular formula is C13H15NO4. The molecule has 1 heterocycles. The summed E-state index contributed by atoms with van der Waals surface area (Å²) in [4.78, 5) is 25.0. The highest BCUT2D eigenvalue weighted by Gasteiger charge is 2.25. The van der Waals surface area contributed by atoms with E-state index in [1.165, 1.54) is 6.07 Å². The van der Waals surface area contributed by atoms with Gasteiger partial charge in [-0.2, -0.15) is 0 Å². The van der Waals surface area contributed by atoms with Gasteiger partial charge in [-0.15, -0.1) is 0 Å². The Kier molecular flexibility index (Phi) is 3.62. The van der Waals surface area contributed by atoms with E-state index in [1.54, 1.807) is 23.1 Å². The van der Waals surface area contributed by atoms with Crippen LogP contribution in [-0.2, 0) is 4.74 Å². The molecule has 0 radical (unpaired) electrons. The minimum absolute atomic E-state index is 0.0142. The van der Waals surface area contributed by atoms with Crippen LogP contribution in [0.2, 0.25) is 0 Å². The van der Waals surface area contributed by atoms with Crippen molar-refractivity contribution in [2.24, 2.45) is 0 Å². The Bertz CT molecular complexity index is 472. The number of aromatic carboxylic acids is 1. The van der Waals surface area contributed by atoms with Crippen LogP contribution >= 0.6 is 0 Å². The van der Waals surface area contributed by atoms with Crippen molar-refractivity contribution in [1.82, 2.24) is 4.90 Å². The number of carbonyl (C=O) groups excluding carboxylic acids is 1. The molecule has 0 bridgehead atoms. The van der Waals surface area contributed by atoms with Gasteiger partial charge in [0.1, 0.15) is 0 Å². The second-order valence-electron chi connectivity index (χ2n) is 4.28. The molecule has 18 heavy (non-hydrogen) atoms. The van der Waals surface area contributed by atoms with Crippen molar-refractivity contribution in [3.8, 4) is 0 Å². The maximum Gasteiger partial charge on any atom is 0.336 e. The highest BCUT2D eigenvalue weighted by molar-refractivity contribution is 6.04. The quantitative estimate of drug-likeness (QED) is 0.856. The van der Waals surface area contributed by atoms with Gasteiger partial charge in [0.05, 0.1) is 23.8 Å². The zero-order valence-electron chi connectivity index (χ0n) is 10.1. The molecule has 5 nitrogen and oxygen atoms in total. The number of hydrogen-bond acceptors (Lipinski definition) is 3. The van der Waals surface area contributed by atoms with E-state index >= 15 is 0 Å². The molecule has 1 atom stereocenters. The van der Waals surface area contributed by atoms with E-state index in [9.17, 15) is 9.59 Å². The zero-order valence-corrected chi connectivity index (χ0v) is 10.1. The van der Waals surface area contributed by atoms with Crippen LogP contribution in [-0.4, -0.2) is 47.7 Å². The van der Waals surface area contributed by atoms with E-state index in [1.807, 2.05) is 6.92 Å². The molecule has 0 aromatic heterocycles. The molecule has 1 N–H and O–H groups in total. The van der Waals surface area contributed by atoms with Crippen molar-refractivity contribution in [1.29, 1.82) is 0 Å². The zero-order chi connectivity index (χ0) is 13.1. The number of ether oxygens (including phenoxy) is 1. The van der Waals surface area contributed by atoms with Gasteiger partial charge < -0.3 is 14.7 Å². The average molecular weight is 249 g/mol. The van der Waals surface area contributed by atoms with Gasteiger partial charge in [0.25, 0.3) is 5.91 Å². The molecule has 1 amide bonds. The summed E-state index contributed by atoms with van der Waals surface area (Å²) in [6.45, 7) is 3.37. The van der Waals surface area contributed by atoms with Crippen LogP contribution in [0.3, 0.4) is 0 Å². The van der Waals surface area contributed by atoms with Crippen molar-refractivity contribution in [3.05, 3.63) is 35.4 Å². The number of benzene rings is 1. The molecule has 1 aliphatic heterocycles. The summed E-state index contributed by atoms with van der Waals surface area (Å²) in [5, 5.41) is 9.07. The first-order valence-electron chi connectivity index (χ1n) is 5.83. The third-order valence-corrected chi connectivity index (χ3v) is 2.92. The summed E-state index contributed by atoms with van der Waals surface area (Å²) >= 11 is 0. The first-order chi connectivity index (χ1) is 8.59. The molecule has 0 spiro atoms. The molecule has 0 aliphatic carbocycles. The topological polar surface area (TPSA) is 66.8 Å². The third-order valence-electron chi connectivity index (χ3n) is 2.92. The Morgan fingerprint density at radius 2 is 2.00 bits per heavy atom. The molecule has 1 aromatic rings. The molecule has 5 heteroatoms. The molecule has 1 aliphatic rings. The SMILES string of the molecule is CC1CN(C(=O)c2ccccc2C(=O)O)CCO1. The van der Waals surface area contributed by atoms with Crippen LogP contribution < -0.4 is 0 Å². The summed E-state index contributed by atoms with van der Waals surface area (Å²) in [7, 11) is 0. The van der Waals surface area contributed by atoms with Gasteiger partial charge in [0, 0.05) is 13.1 Å². The number of carbonyl (C=O) groups is 2. The standard InChI is InChI=1S/C13H15NO4/c1-9-8-14(6-7-18-9)12(15)10-4-2-3-5-11(10)13(16)17/h2-5,9H,6-8H2,1H3,(H,16,17). The smallest absolute Gasteiger partial charge is 0.336 e. The van der Waals surface area contributed by atoms with Crippen molar-refractivity contribution in [3.63, 3.8) is 0 Å². The molecule has 96 valence electrons. The summed E-state index contributed by atoms with van der Waals surface area (Å²) in [5.41, 5.74) is 0.278. The fraction of sp³-hybridized carbons (Fsp3) is 0.385. The number of hydrogen-bond donors (Lipinski definition) is 1. The Morgan fingerprint density at radius 1 is 1.33 bits per heavy atom. The summed E-state index contributed by atoms with van der Waals surface area (Å²) in [6, 6.07) is 6.27. The average Bonchev–Trinajstić information content (AvgIpc) is 2.38. The van der Waals surface area contributed by atoms with Gasteiger partial charge >= 0.3 is 5.97 Å². The Balaban J connectivity index is 2.25. The summed E-state index contributed by atoms with van der Waals surface area (Å²) in [6.07, 6.45) is -0.0142. The second kappa shape index (κ2) is 5.18. The van der Waals surface area contributed by atoms with Gasteiger partial charge in [0.2, 0.25) is 0 Å². The van der Waals surface area contributed by atoms with E-state index < -0.39 is 5.97 Å². The molecule has 1 aromatic carbocycles.